The van der Waals surface area contributed by atoms with E-state index in [2.05, 4.69) is 26.2 Å². The van der Waals surface area contributed by atoms with Crippen molar-refractivity contribution in [1.82, 2.24) is 4.98 Å². The molecule has 7 heteroatoms. The Labute approximate surface area is 130 Å². The van der Waals surface area contributed by atoms with Gasteiger partial charge in [0, 0.05) is 17.6 Å². The average Bonchev–Trinajstić information content (AvgIpc) is 2.45. The number of hydrogen-bond acceptors (Lipinski definition) is 5. The van der Waals surface area contributed by atoms with Gasteiger partial charge in [0.15, 0.2) is 0 Å². The summed E-state index contributed by atoms with van der Waals surface area (Å²) in [7, 11) is 1.77. The molecule has 2 aromatic rings. The molecule has 0 amide bonds. The number of anilines is 1. The quantitative estimate of drug-likeness (QED) is 0.656. The van der Waals surface area contributed by atoms with Crippen LogP contribution in [0.1, 0.15) is 11.3 Å². The van der Waals surface area contributed by atoms with Crippen LogP contribution < -0.4 is 10.1 Å². The summed E-state index contributed by atoms with van der Waals surface area (Å²) in [6.45, 7) is 1.93. The summed E-state index contributed by atoms with van der Waals surface area (Å²) in [6.07, 6.45) is 0. The minimum absolute atomic E-state index is 0.0633. The topological polar surface area (TPSA) is 77.3 Å². The van der Waals surface area contributed by atoms with Gasteiger partial charge in [0.2, 0.25) is 5.75 Å². The third kappa shape index (κ3) is 3.69. The third-order valence-electron chi connectivity index (χ3n) is 2.84. The number of hydrogen-bond donors (Lipinski definition) is 1. The van der Waals surface area contributed by atoms with Crippen molar-refractivity contribution in [3.63, 3.8) is 0 Å². The number of nitro benzene ring substituents is 1. The summed E-state index contributed by atoms with van der Waals surface area (Å²) in [6, 6.07) is 8.69. The van der Waals surface area contributed by atoms with E-state index in [1.165, 1.54) is 6.07 Å². The van der Waals surface area contributed by atoms with Gasteiger partial charge in [-0.25, -0.2) is 4.98 Å². The number of nitrogens with zero attached hydrogens (tertiary/aromatic N) is 2. The number of ether oxygens (including phenoxy) is 1. The maximum absolute atomic E-state index is 11.1. The van der Waals surface area contributed by atoms with Crippen LogP contribution in [0.2, 0.25) is 0 Å². The molecule has 0 unspecified atom stereocenters. The van der Waals surface area contributed by atoms with Crippen molar-refractivity contribution in [3.05, 3.63) is 56.2 Å². The Bertz CT molecular complexity index is 677. The summed E-state index contributed by atoms with van der Waals surface area (Å²) in [5.41, 5.74) is 1.32. The number of pyridine rings is 1. The van der Waals surface area contributed by atoms with Crippen LogP contribution in [-0.2, 0) is 6.61 Å². The highest BCUT2D eigenvalue weighted by atomic mass is 79.9. The molecule has 0 aliphatic rings. The van der Waals surface area contributed by atoms with Gasteiger partial charge in [0.25, 0.3) is 0 Å². The molecule has 0 aliphatic carbocycles. The minimum Gasteiger partial charge on any atom is -0.480 e. The molecule has 2 rings (SSSR count). The molecule has 0 fully saturated rings. The molecule has 1 N–H and O–H groups in total. The molecule has 0 spiro atoms. The number of nitro groups is 1. The fourth-order valence-corrected chi connectivity index (χ4v) is 2.44. The lowest BCUT2D eigenvalue weighted by atomic mass is 10.2. The van der Waals surface area contributed by atoms with Crippen LogP contribution in [0.25, 0.3) is 0 Å². The van der Waals surface area contributed by atoms with Gasteiger partial charge in [-0.2, -0.15) is 0 Å². The zero-order valence-corrected chi connectivity index (χ0v) is 13.2. The largest absolute Gasteiger partial charge is 0.480 e. The lowest BCUT2D eigenvalue weighted by Gasteiger charge is -2.10. The van der Waals surface area contributed by atoms with E-state index in [9.17, 15) is 10.1 Å². The Hall–Kier alpha value is -2.15. The zero-order valence-electron chi connectivity index (χ0n) is 11.6. The van der Waals surface area contributed by atoms with Crippen molar-refractivity contribution in [2.45, 2.75) is 13.5 Å². The second-order valence-corrected chi connectivity index (χ2v) is 5.30. The number of benzene rings is 1. The van der Waals surface area contributed by atoms with Crippen LogP contribution in [0.4, 0.5) is 11.5 Å². The average molecular weight is 352 g/mol. The van der Waals surface area contributed by atoms with E-state index >= 15 is 0 Å². The number of rotatable bonds is 5. The van der Waals surface area contributed by atoms with Gasteiger partial charge in [-0.1, -0.05) is 22.0 Å². The molecule has 0 atom stereocenters. The maximum atomic E-state index is 11.1. The molecule has 0 saturated heterocycles. The fourth-order valence-electron chi connectivity index (χ4n) is 1.88. The van der Waals surface area contributed by atoms with Crippen LogP contribution in [0.15, 0.2) is 34.8 Å². The first-order valence-corrected chi connectivity index (χ1v) is 7.01. The lowest BCUT2D eigenvalue weighted by Crippen LogP contribution is -2.04. The normalized spacial score (nSPS) is 10.2. The van der Waals surface area contributed by atoms with E-state index in [1.807, 2.05) is 12.1 Å². The molecular weight excluding hydrogens is 338 g/mol. The molecule has 1 heterocycles. The van der Waals surface area contributed by atoms with Gasteiger partial charge in [0.1, 0.15) is 12.4 Å². The Morgan fingerprint density at radius 2 is 2.19 bits per heavy atom. The van der Waals surface area contributed by atoms with Crippen molar-refractivity contribution >= 4 is 27.4 Å². The predicted octanol–water partition coefficient (Wildman–Crippen LogP) is 3.68. The van der Waals surface area contributed by atoms with E-state index in [0.717, 1.165) is 5.82 Å². The van der Waals surface area contributed by atoms with Gasteiger partial charge in [0.05, 0.1) is 10.6 Å². The van der Waals surface area contributed by atoms with Gasteiger partial charge >= 0.3 is 5.69 Å². The number of aromatic nitrogens is 1. The Balaban J connectivity index is 2.25. The van der Waals surface area contributed by atoms with Gasteiger partial charge < -0.3 is 10.1 Å². The van der Waals surface area contributed by atoms with Crippen molar-refractivity contribution in [3.8, 4) is 5.75 Å². The number of halogens is 1. The molecule has 6 nitrogen and oxygen atoms in total. The maximum Gasteiger partial charge on any atom is 0.312 e. The van der Waals surface area contributed by atoms with E-state index < -0.39 is 4.92 Å². The van der Waals surface area contributed by atoms with Crippen molar-refractivity contribution in [1.29, 1.82) is 0 Å². The molecule has 0 aliphatic heterocycles. The van der Waals surface area contributed by atoms with E-state index in [1.54, 1.807) is 26.1 Å². The highest BCUT2D eigenvalue weighted by Gasteiger charge is 2.19. The summed E-state index contributed by atoms with van der Waals surface area (Å²) in [5.74, 6) is 0.984. The fraction of sp³-hybridized carbons (Fsp3) is 0.214. The highest BCUT2D eigenvalue weighted by Crippen LogP contribution is 2.34. The van der Waals surface area contributed by atoms with Crippen LogP contribution in [0, 0.1) is 17.0 Å². The number of nitrogens with one attached hydrogen (secondary N) is 1. The first-order valence-electron chi connectivity index (χ1n) is 6.22. The van der Waals surface area contributed by atoms with E-state index in [-0.39, 0.29) is 18.0 Å². The first kappa shape index (κ1) is 15.2. The van der Waals surface area contributed by atoms with Gasteiger partial charge in [-0.05, 0) is 30.7 Å². The van der Waals surface area contributed by atoms with Crippen LogP contribution >= 0.6 is 15.9 Å². The summed E-state index contributed by atoms with van der Waals surface area (Å²) < 4.78 is 6.26. The molecule has 21 heavy (non-hydrogen) atoms. The standard InChI is InChI=1S/C14H14BrN3O3/c1-9-6-10(15)7-12(18(19)20)14(9)21-8-11-4-3-5-13(16-2)17-11/h3-7H,8H2,1-2H3,(H,16,17). The lowest BCUT2D eigenvalue weighted by molar-refractivity contribution is -0.386. The summed E-state index contributed by atoms with van der Waals surface area (Å²) >= 11 is 3.25. The van der Waals surface area contributed by atoms with Crippen LogP contribution in [-0.4, -0.2) is 17.0 Å². The smallest absolute Gasteiger partial charge is 0.312 e. The minimum atomic E-state index is -0.454. The van der Waals surface area contributed by atoms with Gasteiger partial charge in [-0.3, -0.25) is 10.1 Å². The molecule has 110 valence electrons. The SMILES string of the molecule is CNc1cccc(COc2c(C)cc(Br)cc2[N+](=O)[O-])n1. The molecular formula is C14H14BrN3O3. The molecule has 1 aromatic carbocycles. The Kier molecular flexibility index (Phi) is 4.74. The third-order valence-corrected chi connectivity index (χ3v) is 3.30. The Morgan fingerprint density at radius 1 is 1.43 bits per heavy atom. The number of aryl methyl sites for hydroxylation is 1. The second kappa shape index (κ2) is 6.53. The van der Waals surface area contributed by atoms with E-state index in [0.29, 0.717) is 15.7 Å². The zero-order chi connectivity index (χ0) is 15.4. The second-order valence-electron chi connectivity index (χ2n) is 4.38. The molecule has 1 aromatic heterocycles. The Morgan fingerprint density at radius 3 is 2.86 bits per heavy atom. The van der Waals surface area contributed by atoms with Crippen molar-refractivity contribution < 1.29 is 9.66 Å². The van der Waals surface area contributed by atoms with Gasteiger partial charge in [-0.15, -0.1) is 0 Å². The monoisotopic (exact) mass is 351 g/mol. The first-order chi connectivity index (χ1) is 10.0. The predicted molar refractivity (Wildman–Crippen MR) is 83.6 cm³/mol. The van der Waals surface area contributed by atoms with Crippen LogP contribution in [0.5, 0.6) is 5.75 Å². The highest BCUT2D eigenvalue weighted by molar-refractivity contribution is 9.10. The van der Waals surface area contributed by atoms with Crippen molar-refractivity contribution in [2.75, 3.05) is 12.4 Å². The molecule has 0 bridgehead atoms. The van der Waals surface area contributed by atoms with Crippen molar-refractivity contribution in [2.24, 2.45) is 0 Å². The van der Waals surface area contributed by atoms with Crippen LogP contribution in [0.3, 0.4) is 0 Å². The summed E-state index contributed by atoms with van der Waals surface area (Å²) in [4.78, 5) is 15.0. The molecule has 0 saturated carbocycles. The van der Waals surface area contributed by atoms with E-state index in [4.69, 9.17) is 4.74 Å². The molecule has 0 radical (unpaired) electrons. The summed E-state index contributed by atoms with van der Waals surface area (Å²) in [5, 5.41) is 14.0.